The summed E-state index contributed by atoms with van der Waals surface area (Å²) in [5.74, 6) is -0.234. The highest BCUT2D eigenvalue weighted by molar-refractivity contribution is 6.05. The summed E-state index contributed by atoms with van der Waals surface area (Å²) in [4.78, 5) is 14.0. The number of piperidine rings is 1. The second kappa shape index (κ2) is 14.0. The molecular weight excluding hydrogens is 296 g/mol. The van der Waals surface area contributed by atoms with Crippen molar-refractivity contribution in [2.45, 2.75) is 58.3 Å². The molecule has 0 amide bonds. The zero-order valence-corrected chi connectivity index (χ0v) is 14.1. The van der Waals surface area contributed by atoms with E-state index in [9.17, 15) is 4.79 Å². The molecule has 0 aromatic rings. The van der Waals surface area contributed by atoms with Gasteiger partial charge in [-0.05, 0) is 51.7 Å². The number of carbonyl (C=O) groups is 1. The van der Waals surface area contributed by atoms with Gasteiger partial charge in [0, 0.05) is 0 Å². The first-order chi connectivity index (χ1) is 8.77. The van der Waals surface area contributed by atoms with Gasteiger partial charge >= 0.3 is 8.05 Å². The normalized spacial score (nSPS) is 16.6. The molecule has 0 bridgehead atoms. The van der Waals surface area contributed by atoms with Crippen molar-refractivity contribution in [3.05, 3.63) is 0 Å². The van der Waals surface area contributed by atoms with E-state index in [4.69, 9.17) is 8.05 Å². The molecule has 0 aliphatic carbocycles. The van der Waals surface area contributed by atoms with Crippen LogP contribution in [-0.4, -0.2) is 38.6 Å². The molecule has 1 unspecified atom stereocenters. The second-order valence-electron chi connectivity index (χ2n) is 5.32. The molecule has 0 aromatic heterocycles. The Balaban J connectivity index is 0. The van der Waals surface area contributed by atoms with Gasteiger partial charge in [-0.2, -0.15) is 0 Å². The summed E-state index contributed by atoms with van der Waals surface area (Å²) in [6.45, 7) is 5.70. The molecule has 1 saturated heterocycles. The lowest BCUT2D eigenvalue weighted by molar-refractivity contribution is -0.139. The maximum absolute atomic E-state index is 11.5. The summed E-state index contributed by atoms with van der Waals surface area (Å²) in [7, 11) is 5.00. The Bertz CT molecular complexity index is 239. The molecule has 118 valence electrons. The molecule has 2 radical (unpaired) electrons. The van der Waals surface area contributed by atoms with E-state index < -0.39 is 0 Å². The molecule has 1 fully saturated rings. The Morgan fingerprint density at radius 1 is 1.15 bits per heavy atom. The monoisotopic (exact) mass is 323 g/mol. The van der Waals surface area contributed by atoms with Crippen LogP contribution in [0.2, 0.25) is 0 Å². The Morgan fingerprint density at radius 3 is 2.30 bits per heavy atom. The van der Waals surface area contributed by atoms with Gasteiger partial charge in [-0.25, -0.2) is 0 Å². The van der Waals surface area contributed by atoms with E-state index in [1.54, 1.807) is 0 Å². The van der Waals surface area contributed by atoms with Crippen molar-refractivity contribution >= 4 is 38.8 Å². The lowest BCUT2D eigenvalue weighted by Crippen LogP contribution is -2.31. The number of likely N-dealkylation sites (tertiary alicyclic amines) is 1. The van der Waals surface area contributed by atoms with Crippen molar-refractivity contribution in [1.29, 1.82) is 0 Å². The van der Waals surface area contributed by atoms with Crippen molar-refractivity contribution in [2.24, 2.45) is 5.92 Å². The van der Waals surface area contributed by atoms with Gasteiger partial charge in [0.25, 0.3) is 5.97 Å². The smallest absolute Gasteiger partial charge is 0.378 e. The molecule has 0 N–H and O–H groups in total. The fourth-order valence-corrected chi connectivity index (χ4v) is 2.67. The summed E-state index contributed by atoms with van der Waals surface area (Å²) in [5.41, 5.74) is 0. The molecule has 0 aromatic carbocycles. The Labute approximate surface area is 137 Å². The predicted molar refractivity (Wildman–Crippen MR) is 88.9 cm³/mol. The Hall–Kier alpha value is 0.0749. The fraction of sp³-hybridized carbons (Fsp3) is 0.929. The molecule has 6 heteroatoms. The van der Waals surface area contributed by atoms with Gasteiger partial charge in [0.05, 0.1) is 5.92 Å². The number of nitrogens with zero attached hydrogens (tertiary/aromatic N) is 1. The standard InChI is InChI=1S/C14H26BNO2.2ClH/c1-2-3-8-13(14(17)18-15)9-7-12-16-10-5-4-6-11-16;;/h13H,2-12H2,1H3;2*1H. The number of hydrogen-bond donors (Lipinski definition) is 0. The van der Waals surface area contributed by atoms with Crippen LogP contribution >= 0.6 is 24.8 Å². The maximum atomic E-state index is 11.5. The number of carbonyl (C=O) groups excluding carboxylic acids is 1. The van der Waals surface area contributed by atoms with Crippen molar-refractivity contribution in [3.63, 3.8) is 0 Å². The molecular formula is C14H28BCl2NO2. The van der Waals surface area contributed by atoms with Crippen molar-refractivity contribution < 1.29 is 9.45 Å². The predicted octanol–water partition coefficient (Wildman–Crippen LogP) is 3.53. The van der Waals surface area contributed by atoms with Crippen LogP contribution in [0.1, 0.15) is 58.3 Å². The third-order valence-corrected chi connectivity index (χ3v) is 3.83. The molecule has 1 aliphatic heterocycles. The maximum Gasteiger partial charge on any atom is 0.378 e. The minimum Gasteiger partial charge on any atom is -0.543 e. The summed E-state index contributed by atoms with van der Waals surface area (Å²) in [6.07, 6.45) is 9.09. The number of halogens is 2. The van der Waals surface area contributed by atoms with Crippen LogP contribution in [0.15, 0.2) is 0 Å². The number of rotatable bonds is 8. The van der Waals surface area contributed by atoms with E-state index in [0.29, 0.717) is 0 Å². The lowest BCUT2D eigenvalue weighted by atomic mass is 9.96. The van der Waals surface area contributed by atoms with E-state index in [1.165, 1.54) is 32.4 Å². The van der Waals surface area contributed by atoms with Gasteiger partial charge in [0.15, 0.2) is 0 Å². The summed E-state index contributed by atoms with van der Waals surface area (Å²) in [5, 5.41) is 0. The van der Waals surface area contributed by atoms with Crippen LogP contribution in [0.25, 0.3) is 0 Å². The molecule has 1 heterocycles. The first-order valence-corrected chi connectivity index (χ1v) is 7.40. The van der Waals surface area contributed by atoms with Gasteiger partial charge in [-0.15, -0.1) is 24.8 Å². The van der Waals surface area contributed by atoms with E-state index in [1.807, 2.05) is 0 Å². The van der Waals surface area contributed by atoms with Gasteiger partial charge in [0.2, 0.25) is 0 Å². The zero-order chi connectivity index (χ0) is 13.2. The van der Waals surface area contributed by atoms with Gasteiger partial charge in [0.1, 0.15) is 0 Å². The average Bonchev–Trinajstić information content (AvgIpc) is 2.43. The van der Waals surface area contributed by atoms with Gasteiger partial charge in [-0.3, -0.25) is 4.79 Å². The Morgan fingerprint density at radius 2 is 1.75 bits per heavy atom. The molecule has 3 nitrogen and oxygen atoms in total. The first-order valence-electron chi connectivity index (χ1n) is 7.40. The van der Waals surface area contributed by atoms with E-state index in [-0.39, 0.29) is 36.7 Å². The topological polar surface area (TPSA) is 29.5 Å². The molecule has 0 spiro atoms. The highest BCUT2D eigenvalue weighted by Crippen LogP contribution is 2.18. The number of unbranched alkanes of at least 4 members (excludes halogenated alkanes) is 1. The van der Waals surface area contributed by atoms with Crippen molar-refractivity contribution in [3.8, 4) is 0 Å². The molecule has 1 rings (SSSR count). The third kappa shape index (κ3) is 9.09. The highest BCUT2D eigenvalue weighted by atomic mass is 35.5. The summed E-state index contributed by atoms with van der Waals surface area (Å²) < 4.78 is 4.40. The highest BCUT2D eigenvalue weighted by Gasteiger charge is 2.18. The first kappa shape index (κ1) is 22.4. The molecule has 1 atom stereocenters. The van der Waals surface area contributed by atoms with E-state index in [0.717, 1.165) is 38.6 Å². The van der Waals surface area contributed by atoms with Gasteiger partial charge in [-0.1, -0.05) is 26.2 Å². The van der Waals surface area contributed by atoms with E-state index >= 15 is 0 Å². The second-order valence-corrected chi connectivity index (χ2v) is 5.32. The molecule has 20 heavy (non-hydrogen) atoms. The van der Waals surface area contributed by atoms with Crippen LogP contribution in [-0.2, 0) is 9.45 Å². The van der Waals surface area contributed by atoms with Crippen molar-refractivity contribution in [1.82, 2.24) is 4.90 Å². The van der Waals surface area contributed by atoms with Gasteiger partial charge < -0.3 is 9.55 Å². The Kier molecular flexibility index (Phi) is 15.7. The SMILES string of the molecule is Cl.Cl.[B]OC(=O)C(CCCC)CCCN1CCCCC1. The van der Waals surface area contributed by atoms with Crippen LogP contribution < -0.4 is 0 Å². The number of hydrogen-bond acceptors (Lipinski definition) is 3. The minimum atomic E-state index is -0.234. The average molecular weight is 324 g/mol. The van der Waals surface area contributed by atoms with Crippen LogP contribution in [0.4, 0.5) is 0 Å². The molecule has 1 aliphatic rings. The summed E-state index contributed by atoms with van der Waals surface area (Å²) in [6, 6.07) is 0. The lowest BCUT2D eigenvalue weighted by Gasteiger charge is -2.26. The van der Waals surface area contributed by atoms with E-state index in [2.05, 4.69) is 16.5 Å². The fourth-order valence-electron chi connectivity index (χ4n) is 2.67. The minimum absolute atomic E-state index is 0. The molecule has 0 saturated carbocycles. The van der Waals surface area contributed by atoms with Crippen LogP contribution in [0, 0.1) is 5.92 Å². The van der Waals surface area contributed by atoms with Crippen LogP contribution in [0.3, 0.4) is 0 Å². The largest absolute Gasteiger partial charge is 0.543 e. The van der Waals surface area contributed by atoms with Crippen LogP contribution in [0.5, 0.6) is 0 Å². The van der Waals surface area contributed by atoms with Crippen molar-refractivity contribution in [2.75, 3.05) is 19.6 Å². The summed E-state index contributed by atoms with van der Waals surface area (Å²) >= 11 is 0. The third-order valence-electron chi connectivity index (χ3n) is 3.83. The quantitative estimate of drug-likeness (QED) is 0.640. The zero-order valence-electron chi connectivity index (χ0n) is 12.5.